The first-order chi connectivity index (χ1) is 6.95. The molecule has 0 saturated carbocycles. The molecule has 0 bridgehead atoms. The van der Waals surface area contributed by atoms with Crippen LogP contribution in [0.5, 0.6) is 0 Å². The molecular formula is C11H22O4. The fourth-order valence-electron chi connectivity index (χ4n) is 1.01. The Labute approximate surface area is 91.2 Å². The first kappa shape index (κ1) is 16.6. The first-order valence-corrected chi connectivity index (χ1v) is 5.14. The quantitative estimate of drug-likeness (QED) is 0.591. The summed E-state index contributed by atoms with van der Waals surface area (Å²) >= 11 is 0. The summed E-state index contributed by atoms with van der Waals surface area (Å²) in [4.78, 5) is 9.25. The molecular weight excluding hydrogens is 196 g/mol. The summed E-state index contributed by atoms with van der Waals surface area (Å²) in [5, 5.41) is 25.8. The van der Waals surface area contributed by atoms with Crippen molar-refractivity contribution < 1.29 is 20.1 Å². The van der Waals surface area contributed by atoms with Gasteiger partial charge in [0.05, 0.1) is 5.60 Å². The molecule has 0 aliphatic rings. The van der Waals surface area contributed by atoms with Crippen LogP contribution in [-0.4, -0.2) is 33.5 Å². The molecule has 15 heavy (non-hydrogen) atoms. The predicted octanol–water partition coefficient (Wildman–Crippen LogP) is 1.57. The molecule has 0 radical (unpaired) electrons. The van der Waals surface area contributed by atoms with Crippen LogP contribution in [0, 0.1) is 0 Å². The molecule has 4 heteroatoms. The lowest BCUT2D eigenvalue weighted by atomic mass is 9.92. The zero-order chi connectivity index (χ0) is 12.3. The number of hydrogen-bond acceptors (Lipinski definition) is 3. The van der Waals surface area contributed by atoms with Crippen molar-refractivity contribution in [3.8, 4) is 0 Å². The first-order valence-electron chi connectivity index (χ1n) is 5.14. The molecule has 4 nitrogen and oxygen atoms in total. The molecule has 0 aromatic heterocycles. The van der Waals surface area contributed by atoms with Gasteiger partial charge in [-0.15, -0.1) is 0 Å². The summed E-state index contributed by atoms with van der Waals surface area (Å²) in [5.74, 6) is -0.981. The van der Waals surface area contributed by atoms with E-state index in [4.69, 9.17) is 10.2 Å². The third-order valence-electron chi connectivity index (χ3n) is 2.29. The van der Waals surface area contributed by atoms with Gasteiger partial charge in [-0.05, 0) is 25.7 Å². The van der Waals surface area contributed by atoms with E-state index in [9.17, 15) is 9.90 Å². The second-order valence-corrected chi connectivity index (χ2v) is 3.30. The summed E-state index contributed by atoms with van der Waals surface area (Å²) in [7, 11) is 0. The van der Waals surface area contributed by atoms with Crippen LogP contribution in [0.15, 0.2) is 12.7 Å². The van der Waals surface area contributed by atoms with Crippen LogP contribution in [0.1, 0.15) is 39.5 Å². The number of aliphatic carboxylic acids is 1. The van der Waals surface area contributed by atoms with E-state index in [1.165, 1.54) is 0 Å². The molecule has 0 heterocycles. The van der Waals surface area contributed by atoms with Crippen molar-refractivity contribution in [3.63, 3.8) is 0 Å². The Kier molecular flexibility index (Phi) is 10.7. The number of aliphatic hydroxyl groups excluding tert-OH is 1. The Balaban J connectivity index is 0. The van der Waals surface area contributed by atoms with Crippen molar-refractivity contribution in [2.75, 3.05) is 6.61 Å². The second-order valence-electron chi connectivity index (χ2n) is 3.30. The van der Waals surface area contributed by atoms with Crippen molar-refractivity contribution in [2.45, 2.75) is 45.1 Å². The third kappa shape index (κ3) is 11.1. The Hall–Kier alpha value is -0.870. The van der Waals surface area contributed by atoms with E-state index in [2.05, 4.69) is 6.58 Å². The minimum atomic E-state index is -0.981. The van der Waals surface area contributed by atoms with Crippen molar-refractivity contribution in [1.29, 1.82) is 0 Å². The standard InChI is InChI=1S/C8H18O2.C3H4O2/c1-3-8(10,4-2)6-5-7-9;1-2-3(4)5/h9-10H,3-7H2,1-2H3;2H,1H2,(H,4,5). The zero-order valence-corrected chi connectivity index (χ0v) is 9.57. The Morgan fingerprint density at radius 3 is 2.00 bits per heavy atom. The summed E-state index contributed by atoms with van der Waals surface area (Å²) < 4.78 is 0. The summed E-state index contributed by atoms with van der Waals surface area (Å²) in [6.45, 7) is 7.09. The Morgan fingerprint density at radius 1 is 1.40 bits per heavy atom. The zero-order valence-electron chi connectivity index (χ0n) is 9.57. The van der Waals surface area contributed by atoms with Gasteiger partial charge >= 0.3 is 5.97 Å². The number of hydrogen-bond donors (Lipinski definition) is 3. The van der Waals surface area contributed by atoms with Gasteiger partial charge in [-0.2, -0.15) is 0 Å². The van der Waals surface area contributed by atoms with Gasteiger partial charge in [0.1, 0.15) is 0 Å². The molecule has 0 rings (SSSR count). The molecule has 3 N–H and O–H groups in total. The second kappa shape index (κ2) is 9.68. The van der Waals surface area contributed by atoms with Crippen LogP contribution < -0.4 is 0 Å². The lowest BCUT2D eigenvalue weighted by Gasteiger charge is -2.24. The van der Waals surface area contributed by atoms with E-state index >= 15 is 0 Å². The highest BCUT2D eigenvalue weighted by Gasteiger charge is 2.20. The van der Waals surface area contributed by atoms with Gasteiger partial charge in [-0.3, -0.25) is 0 Å². The Morgan fingerprint density at radius 2 is 1.80 bits per heavy atom. The molecule has 0 fully saturated rings. The molecule has 0 amide bonds. The monoisotopic (exact) mass is 218 g/mol. The lowest BCUT2D eigenvalue weighted by Crippen LogP contribution is -2.26. The maximum absolute atomic E-state index is 9.65. The van der Waals surface area contributed by atoms with Gasteiger partial charge in [0.15, 0.2) is 0 Å². The molecule has 90 valence electrons. The molecule has 0 saturated heterocycles. The summed E-state index contributed by atoms with van der Waals surface area (Å²) in [6.07, 6.45) is 3.82. The van der Waals surface area contributed by atoms with Crippen LogP contribution in [0.4, 0.5) is 0 Å². The van der Waals surface area contributed by atoms with Crippen LogP contribution in [0.25, 0.3) is 0 Å². The smallest absolute Gasteiger partial charge is 0.327 e. The molecule has 0 aliphatic heterocycles. The van der Waals surface area contributed by atoms with Crippen LogP contribution in [0.3, 0.4) is 0 Å². The maximum Gasteiger partial charge on any atom is 0.327 e. The number of carbonyl (C=O) groups is 1. The van der Waals surface area contributed by atoms with E-state index in [1.807, 2.05) is 13.8 Å². The minimum absolute atomic E-state index is 0.183. The average molecular weight is 218 g/mol. The van der Waals surface area contributed by atoms with E-state index in [-0.39, 0.29) is 6.61 Å². The van der Waals surface area contributed by atoms with E-state index in [0.717, 1.165) is 25.3 Å². The van der Waals surface area contributed by atoms with Crippen molar-refractivity contribution in [3.05, 3.63) is 12.7 Å². The van der Waals surface area contributed by atoms with Crippen LogP contribution in [0.2, 0.25) is 0 Å². The number of carboxylic acid groups (broad SMARTS) is 1. The van der Waals surface area contributed by atoms with Gasteiger partial charge in [0.25, 0.3) is 0 Å². The van der Waals surface area contributed by atoms with Gasteiger partial charge in [-0.25, -0.2) is 4.79 Å². The lowest BCUT2D eigenvalue weighted by molar-refractivity contribution is -0.131. The van der Waals surface area contributed by atoms with Crippen molar-refractivity contribution >= 4 is 5.97 Å². The highest BCUT2D eigenvalue weighted by Crippen LogP contribution is 2.20. The van der Waals surface area contributed by atoms with E-state index in [0.29, 0.717) is 6.42 Å². The van der Waals surface area contributed by atoms with E-state index in [1.54, 1.807) is 0 Å². The molecule has 0 unspecified atom stereocenters. The summed E-state index contributed by atoms with van der Waals surface area (Å²) in [5.41, 5.74) is -0.525. The van der Waals surface area contributed by atoms with E-state index < -0.39 is 11.6 Å². The fourth-order valence-corrected chi connectivity index (χ4v) is 1.01. The predicted molar refractivity (Wildman–Crippen MR) is 59.7 cm³/mol. The maximum atomic E-state index is 9.65. The molecule has 0 aromatic carbocycles. The van der Waals surface area contributed by atoms with Gasteiger partial charge in [-0.1, -0.05) is 20.4 Å². The van der Waals surface area contributed by atoms with Gasteiger partial charge in [0, 0.05) is 12.7 Å². The Bertz CT molecular complexity index is 173. The summed E-state index contributed by atoms with van der Waals surface area (Å²) in [6, 6.07) is 0. The van der Waals surface area contributed by atoms with Crippen LogP contribution in [-0.2, 0) is 4.79 Å². The van der Waals surface area contributed by atoms with Crippen LogP contribution >= 0.6 is 0 Å². The largest absolute Gasteiger partial charge is 0.478 e. The van der Waals surface area contributed by atoms with Crippen molar-refractivity contribution in [2.24, 2.45) is 0 Å². The number of aliphatic hydroxyl groups is 2. The average Bonchev–Trinajstić information content (AvgIpc) is 2.26. The third-order valence-corrected chi connectivity index (χ3v) is 2.29. The minimum Gasteiger partial charge on any atom is -0.478 e. The number of rotatable bonds is 6. The molecule has 0 spiro atoms. The molecule has 0 atom stereocenters. The normalized spacial score (nSPS) is 10.1. The van der Waals surface area contributed by atoms with Gasteiger partial charge < -0.3 is 15.3 Å². The highest BCUT2D eigenvalue weighted by atomic mass is 16.4. The highest BCUT2D eigenvalue weighted by molar-refractivity contribution is 5.78. The fraction of sp³-hybridized carbons (Fsp3) is 0.727. The molecule has 0 aliphatic carbocycles. The van der Waals surface area contributed by atoms with Crippen molar-refractivity contribution in [1.82, 2.24) is 0 Å². The topological polar surface area (TPSA) is 77.8 Å². The molecule has 0 aromatic rings. The number of carboxylic acids is 1. The SMILES string of the molecule is C=CC(=O)O.CCC(O)(CC)CCCO. The van der Waals surface area contributed by atoms with Gasteiger partial charge in [0.2, 0.25) is 0 Å².